The van der Waals surface area contributed by atoms with Gasteiger partial charge in [0, 0.05) is 37.3 Å². The lowest BCUT2D eigenvalue weighted by atomic mass is 9.84. The highest BCUT2D eigenvalue weighted by molar-refractivity contribution is 7.11. The monoisotopic (exact) mass is 525 g/mol. The maximum Gasteiger partial charge on any atom is 0.425 e. The summed E-state index contributed by atoms with van der Waals surface area (Å²) in [6, 6.07) is 3.63. The largest absolute Gasteiger partial charge is 0.465 e. The van der Waals surface area contributed by atoms with Gasteiger partial charge in [-0.15, -0.1) is 21.5 Å². The number of ether oxygens (including phenoxy) is 1. The number of carbonyl (C=O) groups excluding carboxylic acids is 1. The highest BCUT2D eigenvalue weighted by atomic mass is 32.1. The molecular formula is C25H34F3N5O2S. The minimum atomic E-state index is -4.41. The first-order valence-electron chi connectivity index (χ1n) is 12.7. The number of fused-ring (bicyclic) bond motifs is 1. The summed E-state index contributed by atoms with van der Waals surface area (Å²) in [7, 11) is 0. The summed E-state index contributed by atoms with van der Waals surface area (Å²) in [4.78, 5) is 19.1. The van der Waals surface area contributed by atoms with Crippen LogP contribution in [0.25, 0.3) is 0 Å². The highest BCUT2D eigenvalue weighted by Gasteiger charge is 2.38. The third-order valence-corrected chi connectivity index (χ3v) is 7.95. The molecule has 1 fully saturated rings. The number of amides is 1. The average Bonchev–Trinajstić information content (AvgIpc) is 3.12. The SMILES string of the molecule is Cc1nnc(CC(=O)N[C@H]2CC[C@H](CCN3CCc4ccc(O[C@H](C)C(F)(F)F)nc4CC3)CC2)s1. The number of nitrogens with one attached hydrogen (secondary N) is 1. The van der Waals surface area contributed by atoms with Crippen LogP contribution < -0.4 is 10.1 Å². The second-order valence-electron chi connectivity index (χ2n) is 9.86. The maximum atomic E-state index is 12.8. The standard InChI is InChI=1S/C25H34F3N5O2S/c1-16(25(26,27)28)35-23-8-5-19-10-13-33(14-11-21(19)30-23)12-9-18-3-6-20(7-4-18)29-22(34)15-24-32-31-17(2)36-24/h5,8,16,18,20H,3-4,6-7,9-15H2,1-2H3,(H,29,34)/t16-,18-,20-/m1/s1. The van der Waals surface area contributed by atoms with E-state index in [2.05, 4.69) is 25.4 Å². The Balaban J connectivity index is 1.17. The molecule has 0 spiro atoms. The minimum Gasteiger partial charge on any atom is -0.465 e. The lowest BCUT2D eigenvalue weighted by molar-refractivity contribution is -0.190. The van der Waals surface area contributed by atoms with Crippen molar-refractivity contribution in [2.75, 3.05) is 19.6 Å². The molecule has 11 heteroatoms. The van der Waals surface area contributed by atoms with E-state index in [1.807, 2.05) is 13.0 Å². The van der Waals surface area contributed by atoms with Gasteiger partial charge in [-0.05, 0) is 70.4 Å². The van der Waals surface area contributed by atoms with E-state index in [1.165, 1.54) is 11.3 Å². The van der Waals surface area contributed by atoms with Crippen LogP contribution in [0.1, 0.15) is 60.3 Å². The van der Waals surface area contributed by atoms with Gasteiger partial charge in [0.25, 0.3) is 0 Å². The number of carbonyl (C=O) groups is 1. The Morgan fingerprint density at radius 2 is 1.94 bits per heavy atom. The molecule has 2 aliphatic rings. The van der Waals surface area contributed by atoms with Crippen molar-refractivity contribution in [1.82, 2.24) is 25.4 Å². The summed E-state index contributed by atoms with van der Waals surface area (Å²) in [5.41, 5.74) is 1.92. The van der Waals surface area contributed by atoms with Gasteiger partial charge in [0.1, 0.15) is 10.0 Å². The van der Waals surface area contributed by atoms with Crippen molar-refractivity contribution in [2.45, 2.75) is 83.5 Å². The zero-order valence-electron chi connectivity index (χ0n) is 20.8. The van der Waals surface area contributed by atoms with Gasteiger partial charge in [-0.25, -0.2) is 4.98 Å². The first-order chi connectivity index (χ1) is 17.2. The normalized spacial score (nSPS) is 21.9. The van der Waals surface area contributed by atoms with Crippen LogP contribution in [0.5, 0.6) is 5.88 Å². The molecule has 1 saturated carbocycles. The Morgan fingerprint density at radius 1 is 1.19 bits per heavy atom. The van der Waals surface area contributed by atoms with Gasteiger partial charge >= 0.3 is 6.18 Å². The second-order valence-corrected chi connectivity index (χ2v) is 11.1. The molecule has 0 radical (unpaired) electrons. The number of hydrogen-bond donors (Lipinski definition) is 1. The fourth-order valence-corrected chi connectivity index (χ4v) is 5.64. The Morgan fingerprint density at radius 3 is 2.64 bits per heavy atom. The van der Waals surface area contributed by atoms with Crippen molar-refractivity contribution in [2.24, 2.45) is 5.92 Å². The summed E-state index contributed by atoms with van der Waals surface area (Å²) in [5.74, 6) is 0.708. The summed E-state index contributed by atoms with van der Waals surface area (Å²) in [6.45, 7) is 5.65. The molecule has 2 aromatic heterocycles. The Labute approximate surface area is 213 Å². The lowest BCUT2D eigenvalue weighted by Gasteiger charge is -2.30. The molecule has 1 aliphatic carbocycles. The number of nitrogens with zero attached hydrogens (tertiary/aromatic N) is 4. The molecule has 1 aliphatic heterocycles. The molecule has 0 saturated heterocycles. The Hall–Kier alpha value is -2.27. The van der Waals surface area contributed by atoms with Gasteiger partial charge in [-0.2, -0.15) is 13.2 Å². The zero-order valence-corrected chi connectivity index (χ0v) is 21.6. The second kappa shape index (κ2) is 11.9. The Kier molecular flexibility index (Phi) is 8.82. The fraction of sp³-hybridized carbons (Fsp3) is 0.680. The van der Waals surface area contributed by atoms with E-state index in [0.29, 0.717) is 18.8 Å². The minimum absolute atomic E-state index is 0.0220. The molecule has 0 aromatic carbocycles. The number of aryl methyl sites for hydroxylation is 1. The number of rotatable bonds is 8. The van der Waals surface area contributed by atoms with Crippen molar-refractivity contribution in [3.05, 3.63) is 33.4 Å². The van der Waals surface area contributed by atoms with E-state index in [0.717, 1.165) is 86.4 Å². The van der Waals surface area contributed by atoms with Crippen molar-refractivity contribution >= 4 is 17.2 Å². The topological polar surface area (TPSA) is 80.2 Å². The Bertz CT molecular complexity index is 1020. The third kappa shape index (κ3) is 7.61. The first-order valence-corrected chi connectivity index (χ1v) is 13.5. The molecule has 3 heterocycles. The molecule has 7 nitrogen and oxygen atoms in total. The number of alkyl halides is 3. The van der Waals surface area contributed by atoms with Crippen LogP contribution in [0.15, 0.2) is 12.1 Å². The first kappa shape index (κ1) is 26.8. The number of pyridine rings is 1. The fourth-order valence-electron chi connectivity index (χ4n) is 4.93. The lowest BCUT2D eigenvalue weighted by Crippen LogP contribution is -2.39. The molecule has 1 amide bonds. The molecule has 198 valence electrons. The van der Waals surface area contributed by atoms with Crippen LogP contribution >= 0.6 is 11.3 Å². The van der Waals surface area contributed by atoms with Crippen LogP contribution in [-0.4, -0.2) is 63.9 Å². The smallest absolute Gasteiger partial charge is 0.425 e. The predicted molar refractivity (Wildman–Crippen MR) is 131 cm³/mol. The van der Waals surface area contributed by atoms with Crippen LogP contribution in [0, 0.1) is 12.8 Å². The van der Waals surface area contributed by atoms with Gasteiger partial charge in [0.15, 0.2) is 6.10 Å². The van der Waals surface area contributed by atoms with Crippen LogP contribution in [0.4, 0.5) is 13.2 Å². The van der Waals surface area contributed by atoms with Crippen LogP contribution in [0.2, 0.25) is 0 Å². The third-order valence-electron chi connectivity index (χ3n) is 7.11. The van der Waals surface area contributed by atoms with Gasteiger partial charge < -0.3 is 15.0 Å². The summed E-state index contributed by atoms with van der Waals surface area (Å²) in [5, 5.41) is 12.8. The molecule has 1 N–H and O–H groups in total. The van der Waals surface area contributed by atoms with E-state index in [-0.39, 0.29) is 17.8 Å². The van der Waals surface area contributed by atoms with E-state index >= 15 is 0 Å². The van der Waals surface area contributed by atoms with Crippen LogP contribution in [-0.2, 0) is 24.1 Å². The average molecular weight is 526 g/mol. The highest BCUT2D eigenvalue weighted by Crippen LogP contribution is 2.28. The quantitative estimate of drug-likeness (QED) is 0.554. The summed E-state index contributed by atoms with van der Waals surface area (Å²) < 4.78 is 43.4. The predicted octanol–water partition coefficient (Wildman–Crippen LogP) is 4.28. The summed E-state index contributed by atoms with van der Waals surface area (Å²) in [6.07, 6.45) is 0.887. The molecule has 0 unspecified atom stereocenters. The molecule has 0 bridgehead atoms. The number of halogens is 3. The zero-order chi connectivity index (χ0) is 25.7. The van der Waals surface area contributed by atoms with Gasteiger partial charge in [-0.3, -0.25) is 4.79 Å². The van der Waals surface area contributed by atoms with E-state index in [9.17, 15) is 18.0 Å². The molecule has 1 atom stereocenters. The van der Waals surface area contributed by atoms with Crippen molar-refractivity contribution in [1.29, 1.82) is 0 Å². The van der Waals surface area contributed by atoms with Gasteiger partial charge in [0.05, 0.1) is 6.42 Å². The van der Waals surface area contributed by atoms with E-state index in [4.69, 9.17) is 4.74 Å². The van der Waals surface area contributed by atoms with E-state index < -0.39 is 12.3 Å². The van der Waals surface area contributed by atoms with E-state index in [1.54, 1.807) is 6.07 Å². The van der Waals surface area contributed by atoms with Crippen molar-refractivity contribution in [3.8, 4) is 5.88 Å². The van der Waals surface area contributed by atoms with Crippen LogP contribution in [0.3, 0.4) is 0 Å². The van der Waals surface area contributed by atoms with Crippen molar-refractivity contribution in [3.63, 3.8) is 0 Å². The van der Waals surface area contributed by atoms with Gasteiger partial charge in [-0.1, -0.05) is 6.07 Å². The summed E-state index contributed by atoms with van der Waals surface area (Å²) >= 11 is 1.46. The molecular weight excluding hydrogens is 491 g/mol. The van der Waals surface area contributed by atoms with Gasteiger partial charge in [0.2, 0.25) is 11.8 Å². The molecule has 36 heavy (non-hydrogen) atoms. The number of hydrogen-bond acceptors (Lipinski definition) is 7. The maximum absolute atomic E-state index is 12.8. The molecule has 4 rings (SSSR count). The van der Waals surface area contributed by atoms with Crippen molar-refractivity contribution < 1.29 is 22.7 Å². The number of aromatic nitrogens is 3. The molecule has 2 aromatic rings.